The van der Waals surface area contributed by atoms with Crippen molar-refractivity contribution in [3.63, 3.8) is 0 Å². The smallest absolute Gasteiger partial charge is 0.514 e. The van der Waals surface area contributed by atoms with E-state index in [2.05, 4.69) is 29.6 Å². The predicted octanol–water partition coefficient (Wildman–Crippen LogP) is -2.14. The molecule has 0 saturated carbocycles. The monoisotopic (exact) mass is 206 g/mol. The normalized spacial score (nSPS) is 6.43. The Kier molecular flexibility index (Phi) is 13.2. The van der Waals surface area contributed by atoms with E-state index in [-0.39, 0.29) is 62.6 Å². The second kappa shape index (κ2) is 7.92. The van der Waals surface area contributed by atoms with Gasteiger partial charge in [0.15, 0.2) is 0 Å². The van der Waals surface area contributed by atoms with Crippen LogP contribution in [0.4, 0.5) is 0 Å². The molecule has 0 aromatic heterocycles. The Morgan fingerprint density at radius 1 is 1.86 bits per heavy atom. The second-order valence-electron chi connectivity index (χ2n) is 0.683. The van der Waals surface area contributed by atoms with E-state index in [0.717, 1.165) is 0 Å². The molecule has 0 saturated heterocycles. The van der Waals surface area contributed by atoms with Crippen LogP contribution in [0.2, 0.25) is 0 Å². The molecule has 4 heteroatoms. The summed E-state index contributed by atoms with van der Waals surface area (Å²) in [6.07, 6.45) is 0. The van der Waals surface area contributed by atoms with Gasteiger partial charge in [0.2, 0.25) is 0 Å². The summed E-state index contributed by atoms with van der Waals surface area (Å²) in [4.78, 5) is 0. The summed E-state index contributed by atoms with van der Waals surface area (Å²) < 4.78 is 4.79. The van der Waals surface area contributed by atoms with Crippen LogP contribution in [0, 0.1) is 0 Å². The van der Waals surface area contributed by atoms with Crippen LogP contribution in [0.1, 0.15) is 6.92 Å². The summed E-state index contributed by atoms with van der Waals surface area (Å²) >= 11 is 8.77. The fourth-order valence-electron chi connectivity index (χ4n) is 0.118. The first kappa shape index (κ1) is 11.7. The molecule has 0 rings (SSSR count). The van der Waals surface area contributed by atoms with Crippen molar-refractivity contribution < 1.29 is 62.9 Å². The molecule has 0 aliphatic carbocycles. The Bertz CT molecular complexity index is 56.9. The Hall–Kier alpha value is 1.92. The number of hydrogen-bond acceptors (Lipinski definition) is 3. The van der Waals surface area contributed by atoms with Crippen molar-refractivity contribution in [2.45, 2.75) is 6.92 Å². The first-order chi connectivity index (χ1) is 2.77. The number of ether oxygens (including phenoxy) is 1. The Labute approximate surface area is 103 Å². The number of hydrogen-bond donors (Lipinski definition) is 0. The molecule has 0 aromatic rings. The van der Waals surface area contributed by atoms with E-state index < -0.39 is 0 Å². The van der Waals surface area contributed by atoms with Crippen LogP contribution in [-0.4, -0.2) is 11.0 Å². The molecule has 0 bridgehead atoms. The molecular formula is C3H5ORbS2. The third kappa shape index (κ3) is 11.5. The van der Waals surface area contributed by atoms with Gasteiger partial charge >= 0.3 is 58.2 Å². The SMILES string of the molecule is CCOC(=S)[S-].[Rb+]. The van der Waals surface area contributed by atoms with E-state index in [1.165, 1.54) is 0 Å². The first-order valence-corrected chi connectivity index (χ1v) is 2.42. The molecule has 0 amide bonds. The van der Waals surface area contributed by atoms with E-state index in [0.29, 0.717) is 6.61 Å². The van der Waals surface area contributed by atoms with Crippen LogP contribution in [0.25, 0.3) is 0 Å². The molecule has 36 valence electrons. The number of thiocarbonyl (C=S) groups is 1. The van der Waals surface area contributed by atoms with E-state index >= 15 is 0 Å². The molecule has 0 spiro atoms. The third-order valence-corrected chi connectivity index (χ3v) is 0.498. The molecule has 1 nitrogen and oxygen atoms in total. The molecule has 0 unspecified atom stereocenters. The minimum absolute atomic E-state index is 0. The van der Waals surface area contributed by atoms with Crippen molar-refractivity contribution in [3.8, 4) is 0 Å². The minimum atomic E-state index is 0. The zero-order chi connectivity index (χ0) is 4.99. The van der Waals surface area contributed by atoms with Crippen molar-refractivity contribution in [2.24, 2.45) is 0 Å². The van der Waals surface area contributed by atoms with Crippen molar-refractivity contribution in [2.75, 3.05) is 6.61 Å². The van der Waals surface area contributed by atoms with Crippen LogP contribution >= 0.6 is 12.2 Å². The van der Waals surface area contributed by atoms with Crippen molar-refractivity contribution in [1.82, 2.24) is 0 Å². The maximum absolute atomic E-state index is 4.59. The number of rotatable bonds is 1. The molecule has 0 aromatic carbocycles. The van der Waals surface area contributed by atoms with E-state index in [1.807, 2.05) is 6.92 Å². The van der Waals surface area contributed by atoms with Gasteiger partial charge in [0.1, 0.15) is 0 Å². The molecule has 7 heavy (non-hydrogen) atoms. The first-order valence-electron chi connectivity index (χ1n) is 1.61. The average molecular weight is 207 g/mol. The van der Waals surface area contributed by atoms with Crippen LogP contribution in [0.3, 0.4) is 0 Å². The van der Waals surface area contributed by atoms with Gasteiger partial charge in [-0.25, -0.2) is 0 Å². The fraction of sp³-hybridized carbons (Fsp3) is 0.667. The molecule has 0 aliphatic rings. The maximum atomic E-state index is 4.59. The van der Waals surface area contributed by atoms with Gasteiger partial charge in [-0.05, 0) is 6.92 Å². The van der Waals surface area contributed by atoms with Gasteiger partial charge in [-0.3, -0.25) is 0 Å². The zero-order valence-corrected chi connectivity index (χ0v) is 11.0. The molecule has 0 radical (unpaired) electrons. The molecule has 0 fully saturated rings. The van der Waals surface area contributed by atoms with Gasteiger partial charge in [0.05, 0.1) is 6.61 Å². The summed E-state index contributed by atoms with van der Waals surface area (Å²) in [5.74, 6) is 0. The van der Waals surface area contributed by atoms with Gasteiger partial charge in [-0.2, -0.15) is 0 Å². The minimum Gasteiger partial charge on any atom is -0.514 e. The fourth-order valence-corrected chi connectivity index (χ4v) is 0.354. The van der Waals surface area contributed by atoms with Crippen LogP contribution in [0.15, 0.2) is 0 Å². The third-order valence-electron chi connectivity index (χ3n) is 0.262. The Morgan fingerprint density at radius 2 is 2.29 bits per heavy atom. The predicted molar refractivity (Wildman–Crippen MR) is 31.6 cm³/mol. The summed E-state index contributed by atoms with van der Waals surface area (Å²) in [7, 11) is 0. The summed E-state index contributed by atoms with van der Waals surface area (Å²) in [5.41, 5.74) is 0. The van der Waals surface area contributed by atoms with E-state index in [9.17, 15) is 0 Å². The topological polar surface area (TPSA) is 9.23 Å². The van der Waals surface area contributed by atoms with Crippen LogP contribution in [0.5, 0.6) is 0 Å². The van der Waals surface area contributed by atoms with E-state index in [4.69, 9.17) is 0 Å². The molecule has 0 atom stereocenters. The Morgan fingerprint density at radius 3 is 2.29 bits per heavy atom. The molecular weight excluding hydrogens is 202 g/mol. The largest absolute Gasteiger partial charge is 1.00 e. The van der Waals surface area contributed by atoms with Gasteiger partial charge in [-0.15, -0.1) is 0 Å². The average Bonchev–Trinajstić information content (AvgIpc) is 1.35. The molecule has 0 aliphatic heterocycles. The van der Waals surface area contributed by atoms with Gasteiger partial charge in [0, 0.05) is 4.38 Å². The maximum Gasteiger partial charge on any atom is 1.00 e. The summed E-state index contributed by atoms with van der Waals surface area (Å²) in [6.45, 7) is 2.43. The van der Waals surface area contributed by atoms with E-state index in [1.54, 1.807) is 0 Å². The second-order valence-corrected chi connectivity index (χ2v) is 1.68. The summed E-state index contributed by atoms with van der Waals surface area (Å²) in [6, 6.07) is 0. The van der Waals surface area contributed by atoms with Gasteiger partial charge in [-0.1, -0.05) is 0 Å². The summed E-state index contributed by atoms with van der Waals surface area (Å²) in [5, 5.41) is 0. The van der Waals surface area contributed by atoms with Crippen LogP contribution < -0.4 is 58.2 Å². The van der Waals surface area contributed by atoms with Crippen LogP contribution in [-0.2, 0) is 17.4 Å². The zero-order valence-electron chi connectivity index (χ0n) is 4.43. The Balaban J connectivity index is 0. The van der Waals surface area contributed by atoms with Gasteiger partial charge in [0.25, 0.3) is 0 Å². The van der Waals surface area contributed by atoms with Gasteiger partial charge < -0.3 is 29.6 Å². The van der Waals surface area contributed by atoms with Crippen molar-refractivity contribution in [3.05, 3.63) is 0 Å². The van der Waals surface area contributed by atoms with Crippen molar-refractivity contribution >= 4 is 29.2 Å². The van der Waals surface area contributed by atoms with Crippen molar-refractivity contribution in [1.29, 1.82) is 0 Å². The molecule has 0 heterocycles. The molecule has 0 N–H and O–H groups in total. The quantitative estimate of drug-likeness (QED) is 0.358. The standard InChI is InChI=1S/C3H6OS2.Rb/c1-2-4-3(5)6;/h2H2,1H3,(H,5,6);/q;+1/p-1.